The summed E-state index contributed by atoms with van der Waals surface area (Å²) in [5.41, 5.74) is 3.22. The van der Waals surface area contributed by atoms with Crippen LogP contribution in [0.5, 0.6) is 17.2 Å². The molecule has 0 spiro atoms. The molecule has 0 fully saturated rings. The second-order valence-electron chi connectivity index (χ2n) is 5.86. The van der Waals surface area contributed by atoms with Crippen LogP contribution in [0.4, 0.5) is 0 Å². The van der Waals surface area contributed by atoms with Crippen LogP contribution >= 0.6 is 0 Å². The highest BCUT2D eigenvalue weighted by Crippen LogP contribution is 2.27. The largest absolute Gasteiger partial charge is 0.493 e. The number of benzene rings is 2. The van der Waals surface area contributed by atoms with Crippen molar-refractivity contribution in [2.75, 3.05) is 20.3 Å². The van der Waals surface area contributed by atoms with Crippen LogP contribution in [0.3, 0.4) is 0 Å². The normalized spacial score (nSPS) is 10.6. The van der Waals surface area contributed by atoms with E-state index in [2.05, 4.69) is 17.5 Å². The van der Waals surface area contributed by atoms with Gasteiger partial charge in [-0.15, -0.1) is 0 Å². The fourth-order valence-electron chi connectivity index (χ4n) is 2.29. The number of nitrogens with one attached hydrogen (secondary N) is 1. The maximum atomic E-state index is 11.8. The fraction of sp³-hybridized carbons (Fsp3) is 0.333. The number of hydrazone groups is 1. The smallest absolute Gasteiger partial charge is 0.277 e. The Morgan fingerprint density at radius 2 is 1.89 bits per heavy atom. The molecule has 0 aliphatic rings. The first-order chi connectivity index (χ1) is 13.2. The number of hydrogen-bond donors (Lipinski definition) is 1. The first-order valence-electron chi connectivity index (χ1n) is 9.03. The fourth-order valence-corrected chi connectivity index (χ4v) is 2.29. The molecule has 144 valence electrons. The van der Waals surface area contributed by atoms with Crippen LogP contribution in [0.2, 0.25) is 0 Å². The van der Waals surface area contributed by atoms with E-state index >= 15 is 0 Å². The number of amides is 1. The number of hydrogen-bond acceptors (Lipinski definition) is 5. The molecule has 0 aliphatic carbocycles. The van der Waals surface area contributed by atoms with Gasteiger partial charge in [0.2, 0.25) is 0 Å². The lowest BCUT2D eigenvalue weighted by Gasteiger charge is -2.11. The van der Waals surface area contributed by atoms with Gasteiger partial charge in [0, 0.05) is 0 Å². The molecule has 2 aromatic carbocycles. The number of rotatable bonds is 11. The van der Waals surface area contributed by atoms with E-state index in [1.165, 1.54) is 0 Å². The standard InChI is InChI=1S/C21H26N2O4/c1-3-4-8-13-26-19-12-11-17(14-20(19)25-2)15-22-23-21(24)16-27-18-9-6-5-7-10-18/h5-7,9-12,14-15H,3-4,8,13,16H2,1-2H3,(H,23,24)/b22-15+. The van der Waals surface area contributed by atoms with Crippen molar-refractivity contribution in [3.05, 3.63) is 54.1 Å². The van der Waals surface area contributed by atoms with E-state index in [1.54, 1.807) is 25.5 Å². The van der Waals surface area contributed by atoms with Crippen LogP contribution < -0.4 is 19.6 Å². The third-order valence-corrected chi connectivity index (χ3v) is 3.71. The number of para-hydroxylation sites is 1. The van der Waals surface area contributed by atoms with Gasteiger partial charge < -0.3 is 14.2 Å². The zero-order valence-electron chi connectivity index (χ0n) is 15.8. The van der Waals surface area contributed by atoms with Crippen molar-refractivity contribution in [1.82, 2.24) is 5.43 Å². The summed E-state index contributed by atoms with van der Waals surface area (Å²) in [6.45, 7) is 2.71. The van der Waals surface area contributed by atoms with Crippen molar-refractivity contribution in [2.24, 2.45) is 5.10 Å². The van der Waals surface area contributed by atoms with Gasteiger partial charge in [-0.1, -0.05) is 38.0 Å². The van der Waals surface area contributed by atoms with Crippen molar-refractivity contribution >= 4 is 12.1 Å². The van der Waals surface area contributed by atoms with Crippen LogP contribution in [0.15, 0.2) is 53.6 Å². The molecule has 0 atom stereocenters. The summed E-state index contributed by atoms with van der Waals surface area (Å²) in [5.74, 6) is 1.63. The molecular formula is C21H26N2O4. The molecule has 0 radical (unpaired) electrons. The summed E-state index contributed by atoms with van der Waals surface area (Å²) < 4.78 is 16.5. The van der Waals surface area contributed by atoms with Gasteiger partial charge in [0.1, 0.15) is 5.75 Å². The summed E-state index contributed by atoms with van der Waals surface area (Å²) in [6, 6.07) is 14.6. The molecule has 1 N–H and O–H groups in total. The summed E-state index contributed by atoms with van der Waals surface area (Å²) in [7, 11) is 1.60. The Hall–Kier alpha value is -3.02. The molecule has 0 saturated heterocycles. The average Bonchev–Trinajstić information content (AvgIpc) is 2.71. The van der Waals surface area contributed by atoms with E-state index in [1.807, 2.05) is 36.4 Å². The Labute approximate surface area is 160 Å². The third-order valence-electron chi connectivity index (χ3n) is 3.71. The first kappa shape index (κ1) is 20.3. The Kier molecular flexibility index (Phi) is 8.69. The van der Waals surface area contributed by atoms with Crippen molar-refractivity contribution in [2.45, 2.75) is 26.2 Å². The molecule has 6 nitrogen and oxygen atoms in total. The summed E-state index contributed by atoms with van der Waals surface area (Å²) in [6.07, 6.45) is 4.85. The lowest BCUT2D eigenvalue weighted by atomic mass is 10.2. The second-order valence-corrected chi connectivity index (χ2v) is 5.86. The molecule has 0 saturated carbocycles. The lowest BCUT2D eigenvalue weighted by molar-refractivity contribution is -0.123. The minimum absolute atomic E-state index is 0.102. The molecule has 2 aromatic rings. The molecule has 0 aromatic heterocycles. The Bertz CT molecular complexity index is 732. The first-order valence-corrected chi connectivity index (χ1v) is 9.03. The molecule has 1 amide bonds. The van der Waals surface area contributed by atoms with Gasteiger partial charge >= 0.3 is 0 Å². The van der Waals surface area contributed by atoms with Gasteiger partial charge in [0.25, 0.3) is 5.91 Å². The Morgan fingerprint density at radius 1 is 1.07 bits per heavy atom. The van der Waals surface area contributed by atoms with E-state index in [9.17, 15) is 4.79 Å². The molecule has 6 heteroatoms. The van der Waals surface area contributed by atoms with Gasteiger partial charge in [-0.25, -0.2) is 5.43 Å². The molecule has 0 bridgehead atoms. The Morgan fingerprint density at radius 3 is 2.63 bits per heavy atom. The number of ether oxygens (including phenoxy) is 3. The van der Waals surface area contributed by atoms with Crippen LogP contribution in [0.25, 0.3) is 0 Å². The highest BCUT2D eigenvalue weighted by Gasteiger charge is 2.05. The molecule has 0 unspecified atom stereocenters. The Balaban J connectivity index is 1.82. The summed E-state index contributed by atoms with van der Waals surface area (Å²) >= 11 is 0. The zero-order valence-corrected chi connectivity index (χ0v) is 15.8. The molecular weight excluding hydrogens is 344 g/mol. The summed E-state index contributed by atoms with van der Waals surface area (Å²) in [4.78, 5) is 11.8. The highest BCUT2D eigenvalue weighted by molar-refractivity contribution is 5.83. The maximum Gasteiger partial charge on any atom is 0.277 e. The average molecular weight is 370 g/mol. The van der Waals surface area contributed by atoms with Gasteiger partial charge in [-0.3, -0.25) is 4.79 Å². The molecule has 0 aliphatic heterocycles. The van der Waals surface area contributed by atoms with Crippen LogP contribution in [-0.4, -0.2) is 32.4 Å². The van der Waals surface area contributed by atoms with Gasteiger partial charge in [-0.2, -0.15) is 5.10 Å². The van der Waals surface area contributed by atoms with Crippen molar-refractivity contribution in [1.29, 1.82) is 0 Å². The van der Waals surface area contributed by atoms with E-state index in [0.29, 0.717) is 23.9 Å². The number of nitrogens with zero attached hydrogens (tertiary/aromatic N) is 1. The van der Waals surface area contributed by atoms with Crippen LogP contribution in [0, 0.1) is 0 Å². The lowest BCUT2D eigenvalue weighted by Crippen LogP contribution is -2.24. The zero-order chi connectivity index (χ0) is 19.3. The third kappa shape index (κ3) is 7.40. The van der Waals surface area contributed by atoms with Crippen molar-refractivity contribution < 1.29 is 19.0 Å². The maximum absolute atomic E-state index is 11.8. The van der Waals surface area contributed by atoms with Crippen LogP contribution in [-0.2, 0) is 4.79 Å². The second kappa shape index (κ2) is 11.6. The van der Waals surface area contributed by atoms with Gasteiger partial charge in [0.05, 0.1) is 19.9 Å². The minimum atomic E-state index is -0.335. The predicted octanol–water partition coefficient (Wildman–Crippen LogP) is 3.79. The monoisotopic (exact) mass is 370 g/mol. The minimum Gasteiger partial charge on any atom is -0.493 e. The number of carbonyl (C=O) groups is 1. The number of unbranched alkanes of at least 4 members (excludes halogenated alkanes) is 2. The predicted molar refractivity (Wildman–Crippen MR) is 106 cm³/mol. The molecule has 0 heterocycles. The van der Waals surface area contributed by atoms with Crippen LogP contribution in [0.1, 0.15) is 31.7 Å². The van der Waals surface area contributed by atoms with E-state index in [0.717, 1.165) is 24.8 Å². The van der Waals surface area contributed by atoms with Gasteiger partial charge in [0.15, 0.2) is 18.1 Å². The van der Waals surface area contributed by atoms with E-state index < -0.39 is 0 Å². The topological polar surface area (TPSA) is 69.2 Å². The van der Waals surface area contributed by atoms with Crippen molar-refractivity contribution in [3.8, 4) is 17.2 Å². The van der Waals surface area contributed by atoms with Crippen molar-refractivity contribution in [3.63, 3.8) is 0 Å². The highest BCUT2D eigenvalue weighted by atomic mass is 16.5. The molecule has 2 rings (SSSR count). The molecule has 27 heavy (non-hydrogen) atoms. The number of methoxy groups -OCH3 is 1. The van der Waals surface area contributed by atoms with E-state index in [4.69, 9.17) is 14.2 Å². The quantitative estimate of drug-likeness (QED) is 0.371. The van der Waals surface area contributed by atoms with Gasteiger partial charge in [-0.05, 0) is 42.3 Å². The summed E-state index contributed by atoms with van der Waals surface area (Å²) in [5, 5.41) is 3.94. The van der Waals surface area contributed by atoms with E-state index in [-0.39, 0.29) is 12.5 Å². The SMILES string of the molecule is CCCCCOc1ccc(/C=N/NC(=O)COc2ccccc2)cc1OC. The number of carbonyl (C=O) groups excluding carboxylic acids is 1.